The average Bonchev–Trinajstić information content (AvgIpc) is 2.29. The zero-order valence-electron chi connectivity index (χ0n) is 13.2. The van der Waals surface area contributed by atoms with Gasteiger partial charge in [-0.2, -0.15) is 0 Å². The van der Waals surface area contributed by atoms with E-state index in [1.54, 1.807) is 4.90 Å². The van der Waals surface area contributed by atoms with Crippen molar-refractivity contribution in [2.75, 3.05) is 13.1 Å². The third-order valence-electron chi connectivity index (χ3n) is 4.40. The highest BCUT2D eigenvalue weighted by Gasteiger charge is 2.61. The maximum atomic E-state index is 12.0. The van der Waals surface area contributed by atoms with Crippen LogP contribution in [0, 0.1) is 5.41 Å². The van der Waals surface area contributed by atoms with Crippen LogP contribution >= 0.6 is 15.9 Å². The summed E-state index contributed by atoms with van der Waals surface area (Å²) in [5, 5.41) is 10.8. The van der Waals surface area contributed by atoms with Gasteiger partial charge in [-0.15, -0.1) is 0 Å². The second kappa shape index (κ2) is 4.96. The molecule has 3 rings (SSSR count). The number of nitrogens with zero attached hydrogens (tertiary/aromatic N) is 1. The molecular weight excluding hydrogens is 346 g/mol. The molecule has 4 nitrogen and oxygen atoms in total. The van der Waals surface area contributed by atoms with E-state index in [-0.39, 0.29) is 11.5 Å². The smallest absolute Gasteiger partial charge is 0.410 e. The van der Waals surface area contributed by atoms with Crippen molar-refractivity contribution in [3.05, 3.63) is 34.3 Å². The number of rotatable bonds is 1. The van der Waals surface area contributed by atoms with Gasteiger partial charge < -0.3 is 14.7 Å². The second-order valence-electron chi connectivity index (χ2n) is 7.73. The van der Waals surface area contributed by atoms with E-state index in [0.717, 1.165) is 10.0 Å². The molecule has 1 saturated heterocycles. The molecule has 120 valence electrons. The largest absolute Gasteiger partial charge is 0.444 e. The molecule has 0 atom stereocenters. The summed E-state index contributed by atoms with van der Waals surface area (Å²) in [6, 6.07) is 7.82. The molecule has 1 spiro atoms. The van der Waals surface area contributed by atoms with Gasteiger partial charge in [-0.1, -0.05) is 28.1 Å². The first-order chi connectivity index (χ1) is 10.1. The van der Waals surface area contributed by atoms with Crippen LogP contribution in [0.1, 0.15) is 39.2 Å². The molecule has 1 heterocycles. The molecule has 1 N–H and O–H groups in total. The lowest BCUT2D eigenvalue weighted by Crippen LogP contribution is -2.68. The molecule has 1 amide bonds. The van der Waals surface area contributed by atoms with E-state index in [1.165, 1.54) is 0 Å². The summed E-state index contributed by atoms with van der Waals surface area (Å²) in [5.74, 6) is 0. The highest BCUT2D eigenvalue weighted by molar-refractivity contribution is 9.10. The van der Waals surface area contributed by atoms with Crippen molar-refractivity contribution in [1.82, 2.24) is 4.90 Å². The fourth-order valence-corrected chi connectivity index (χ4v) is 4.01. The molecule has 1 aromatic rings. The van der Waals surface area contributed by atoms with E-state index < -0.39 is 11.2 Å². The zero-order valence-corrected chi connectivity index (χ0v) is 14.8. The van der Waals surface area contributed by atoms with E-state index in [9.17, 15) is 9.90 Å². The maximum absolute atomic E-state index is 12.0. The van der Waals surface area contributed by atoms with Crippen molar-refractivity contribution in [2.24, 2.45) is 5.41 Å². The molecule has 0 aromatic heterocycles. The van der Waals surface area contributed by atoms with Gasteiger partial charge in [-0.3, -0.25) is 0 Å². The van der Waals surface area contributed by atoms with Crippen molar-refractivity contribution < 1.29 is 14.6 Å². The predicted octanol–water partition coefficient (Wildman–Crippen LogP) is 3.67. The van der Waals surface area contributed by atoms with Gasteiger partial charge in [0.15, 0.2) is 0 Å². The van der Waals surface area contributed by atoms with Crippen molar-refractivity contribution in [3.8, 4) is 0 Å². The second-order valence-corrected chi connectivity index (χ2v) is 8.65. The summed E-state index contributed by atoms with van der Waals surface area (Å²) in [6.45, 7) is 6.97. The Hall–Kier alpha value is -1.07. The summed E-state index contributed by atoms with van der Waals surface area (Å²) in [4.78, 5) is 13.7. The van der Waals surface area contributed by atoms with Gasteiger partial charge in [0.25, 0.3) is 0 Å². The van der Waals surface area contributed by atoms with Gasteiger partial charge in [0.2, 0.25) is 0 Å². The van der Waals surface area contributed by atoms with Crippen LogP contribution in [-0.2, 0) is 10.3 Å². The summed E-state index contributed by atoms with van der Waals surface area (Å²) in [7, 11) is 0. The van der Waals surface area contributed by atoms with Crippen LogP contribution in [0.25, 0.3) is 0 Å². The molecular formula is C17H22BrNO3. The Balaban J connectivity index is 1.58. The molecule has 0 radical (unpaired) electrons. The normalized spacial score (nSPS) is 22.0. The van der Waals surface area contributed by atoms with E-state index >= 15 is 0 Å². The molecule has 1 aliphatic carbocycles. The quantitative estimate of drug-likeness (QED) is 0.823. The van der Waals surface area contributed by atoms with Gasteiger partial charge in [-0.25, -0.2) is 4.79 Å². The van der Waals surface area contributed by atoms with Gasteiger partial charge in [-0.05, 0) is 51.3 Å². The summed E-state index contributed by atoms with van der Waals surface area (Å²) < 4.78 is 6.35. The number of carbonyl (C=O) groups is 1. The minimum Gasteiger partial charge on any atom is -0.444 e. The number of hydrogen-bond donors (Lipinski definition) is 1. The molecule has 1 aliphatic heterocycles. The topological polar surface area (TPSA) is 49.8 Å². The standard InChI is InChI=1S/C17H22BrNO3/c1-15(2,3)22-14(20)19-10-16(11-19)8-17(21,9-16)12-5-4-6-13(18)7-12/h4-7,21H,8-11H2,1-3H3. The van der Waals surface area contributed by atoms with Crippen LogP contribution < -0.4 is 0 Å². The number of aliphatic hydroxyl groups is 1. The molecule has 1 aromatic carbocycles. The van der Waals surface area contributed by atoms with Crippen molar-refractivity contribution in [2.45, 2.75) is 44.8 Å². The zero-order chi connectivity index (χ0) is 16.2. The number of ether oxygens (including phenoxy) is 1. The third-order valence-corrected chi connectivity index (χ3v) is 4.89. The Kier molecular flexibility index (Phi) is 3.57. The fraction of sp³-hybridized carbons (Fsp3) is 0.588. The Morgan fingerprint density at radius 3 is 2.50 bits per heavy atom. The van der Waals surface area contributed by atoms with E-state index in [4.69, 9.17) is 4.74 Å². The SMILES string of the molecule is CC(C)(C)OC(=O)N1CC2(C1)CC(O)(c1cccc(Br)c1)C2. The van der Waals surface area contributed by atoms with Crippen molar-refractivity contribution >= 4 is 22.0 Å². The first-order valence-corrected chi connectivity index (χ1v) is 8.37. The Morgan fingerprint density at radius 2 is 1.95 bits per heavy atom. The van der Waals surface area contributed by atoms with E-state index in [2.05, 4.69) is 15.9 Å². The highest BCUT2D eigenvalue weighted by Crippen LogP contribution is 2.58. The van der Waals surface area contributed by atoms with Crippen LogP contribution in [0.4, 0.5) is 4.79 Å². The number of benzene rings is 1. The van der Waals surface area contributed by atoms with Crippen LogP contribution in [0.2, 0.25) is 0 Å². The van der Waals surface area contributed by atoms with Gasteiger partial charge >= 0.3 is 6.09 Å². The predicted molar refractivity (Wildman–Crippen MR) is 87.5 cm³/mol. The van der Waals surface area contributed by atoms with Gasteiger partial charge in [0, 0.05) is 23.0 Å². The van der Waals surface area contributed by atoms with Crippen LogP contribution in [0.15, 0.2) is 28.7 Å². The lowest BCUT2D eigenvalue weighted by Gasteiger charge is -2.62. The molecule has 5 heteroatoms. The highest BCUT2D eigenvalue weighted by atomic mass is 79.9. The lowest BCUT2D eigenvalue weighted by atomic mass is 9.53. The summed E-state index contributed by atoms with van der Waals surface area (Å²) in [5.41, 5.74) is -0.211. The molecule has 0 bridgehead atoms. The summed E-state index contributed by atoms with van der Waals surface area (Å²) >= 11 is 3.44. The molecule has 1 saturated carbocycles. The number of likely N-dealkylation sites (tertiary alicyclic amines) is 1. The Bertz CT molecular complexity index is 594. The van der Waals surface area contributed by atoms with Gasteiger partial charge in [0.05, 0.1) is 5.60 Å². The Labute approximate surface area is 139 Å². The van der Waals surface area contributed by atoms with Crippen molar-refractivity contribution in [3.63, 3.8) is 0 Å². The third kappa shape index (κ3) is 2.88. The fourth-order valence-electron chi connectivity index (χ4n) is 3.61. The first kappa shape index (κ1) is 15.8. The molecule has 2 aliphatic rings. The van der Waals surface area contributed by atoms with Crippen LogP contribution in [0.3, 0.4) is 0 Å². The average molecular weight is 368 g/mol. The number of amides is 1. The summed E-state index contributed by atoms with van der Waals surface area (Å²) in [6.07, 6.45) is 1.15. The minimum atomic E-state index is -0.760. The molecule has 22 heavy (non-hydrogen) atoms. The maximum Gasteiger partial charge on any atom is 0.410 e. The number of hydrogen-bond acceptors (Lipinski definition) is 3. The lowest BCUT2D eigenvalue weighted by molar-refractivity contribution is -0.190. The van der Waals surface area contributed by atoms with Crippen LogP contribution in [-0.4, -0.2) is 34.8 Å². The van der Waals surface area contributed by atoms with E-state index in [0.29, 0.717) is 25.9 Å². The molecule has 2 fully saturated rings. The molecule has 0 unspecified atom stereocenters. The Morgan fingerprint density at radius 1 is 1.32 bits per heavy atom. The van der Waals surface area contributed by atoms with Crippen LogP contribution in [0.5, 0.6) is 0 Å². The minimum absolute atomic E-state index is 0.0635. The number of halogens is 1. The monoisotopic (exact) mass is 367 g/mol. The first-order valence-electron chi connectivity index (χ1n) is 7.57. The number of carbonyl (C=O) groups excluding carboxylic acids is 1. The van der Waals surface area contributed by atoms with E-state index in [1.807, 2.05) is 45.0 Å². The van der Waals surface area contributed by atoms with Crippen molar-refractivity contribution in [1.29, 1.82) is 0 Å². The van der Waals surface area contributed by atoms with Gasteiger partial charge in [0.1, 0.15) is 5.60 Å².